The van der Waals surface area contributed by atoms with Crippen molar-refractivity contribution in [2.45, 2.75) is 50.9 Å². The number of hydrogen-bond acceptors (Lipinski definition) is 1. The van der Waals surface area contributed by atoms with Crippen LogP contribution >= 0.6 is 0 Å². The Labute approximate surface area is 85.8 Å². The van der Waals surface area contributed by atoms with Crippen LogP contribution in [0.2, 0.25) is 0 Å². The van der Waals surface area contributed by atoms with Crippen LogP contribution in [0.5, 0.6) is 0 Å². The van der Waals surface area contributed by atoms with Gasteiger partial charge in [-0.2, -0.15) is 13.2 Å². The Bertz CT molecular complexity index is 217. The summed E-state index contributed by atoms with van der Waals surface area (Å²) in [5.41, 5.74) is 0.564. The molecule has 1 unspecified atom stereocenters. The van der Waals surface area contributed by atoms with Gasteiger partial charge in [0.25, 0.3) is 11.6 Å². The average Bonchev–Trinajstić information content (AvgIpc) is 2.09. The maximum atomic E-state index is 13.2. The lowest BCUT2D eigenvalue weighted by Gasteiger charge is -2.24. The molecule has 0 aliphatic rings. The second-order valence-corrected chi connectivity index (χ2v) is 3.47. The van der Waals surface area contributed by atoms with E-state index in [2.05, 4.69) is 5.73 Å². The molecule has 0 aromatic carbocycles. The molecule has 0 saturated heterocycles. The van der Waals surface area contributed by atoms with Crippen molar-refractivity contribution in [2.24, 2.45) is 5.73 Å². The van der Waals surface area contributed by atoms with Crippen molar-refractivity contribution in [3.8, 4) is 0 Å². The molecule has 1 amide bonds. The molecular weight excluding hydrogens is 214 g/mol. The molecule has 15 heavy (non-hydrogen) atoms. The molecule has 1 atom stereocenters. The first-order valence-electron chi connectivity index (χ1n) is 4.81. The lowest BCUT2D eigenvalue weighted by atomic mass is 9.96. The SMILES string of the molecule is CCCCCCC(F)(C(N)=O)C(F)(F)F. The van der Waals surface area contributed by atoms with Crippen LogP contribution in [0.4, 0.5) is 17.6 Å². The summed E-state index contributed by atoms with van der Waals surface area (Å²) < 4.78 is 49.8. The van der Waals surface area contributed by atoms with Crippen LogP contribution in [0.25, 0.3) is 0 Å². The monoisotopic (exact) mass is 229 g/mol. The number of carbonyl (C=O) groups is 1. The van der Waals surface area contributed by atoms with Gasteiger partial charge < -0.3 is 5.73 Å². The zero-order chi connectivity index (χ0) is 12.1. The zero-order valence-electron chi connectivity index (χ0n) is 8.53. The van der Waals surface area contributed by atoms with Crippen LogP contribution in [0.15, 0.2) is 0 Å². The first-order valence-corrected chi connectivity index (χ1v) is 4.81. The molecule has 0 heterocycles. The topological polar surface area (TPSA) is 43.1 Å². The van der Waals surface area contributed by atoms with Crippen LogP contribution in [-0.4, -0.2) is 17.8 Å². The van der Waals surface area contributed by atoms with E-state index in [-0.39, 0.29) is 6.42 Å². The van der Waals surface area contributed by atoms with Gasteiger partial charge in [0, 0.05) is 0 Å². The van der Waals surface area contributed by atoms with Gasteiger partial charge in [-0.15, -0.1) is 0 Å². The number of nitrogens with two attached hydrogens (primary N) is 1. The fourth-order valence-electron chi connectivity index (χ4n) is 1.20. The highest BCUT2D eigenvalue weighted by molar-refractivity contribution is 5.84. The number of halogens is 4. The second-order valence-electron chi connectivity index (χ2n) is 3.47. The molecule has 0 aliphatic heterocycles. The lowest BCUT2D eigenvalue weighted by Crippen LogP contribution is -2.51. The minimum absolute atomic E-state index is 0.00674. The molecule has 90 valence electrons. The number of rotatable bonds is 6. The second kappa shape index (κ2) is 5.32. The third-order valence-corrected chi connectivity index (χ3v) is 2.21. The van der Waals surface area contributed by atoms with Crippen LogP contribution in [0.1, 0.15) is 39.0 Å². The van der Waals surface area contributed by atoms with Gasteiger partial charge in [-0.1, -0.05) is 26.2 Å². The van der Waals surface area contributed by atoms with Gasteiger partial charge in [0.1, 0.15) is 0 Å². The van der Waals surface area contributed by atoms with Gasteiger partial charge in [-0.3, -0.25) is 4.79 Å². The van der Waals surface area contributed by atoms with Crippen molar-refractivity contribution in [1.29, 1.82) is 0 Å². The van der Waals surface area contributed by atoms with Gasteiger partial charge in [0.2, 0.25) is 0 Å². The molecule has 0 radical (unpaired) electrons. The summed E-state index contributed by atoms with van der Waals surface area (Å²) in [6.07, 6.45) is -4.09. The van der Waals surface area contributed by atoms with Crippen molar-refractivity contribution in [1.82, 2.24) is 0 Å². The first kappa shape index (κ1) is 14.2. The minimum Gasteiger partial charge on any atom is -0.367 e. The number of amides is 1. The fourth-order valence-corrected chi connectivity index (χ4v) is 1.20. The predicted molar refractivity (Wildman–Crippen MR) is 47.8 cm³/mol. The van der Waals surface area contributed by atoms with Gasteiger partial charge >= 0.3 is 6.18 Å². The van der Waals surface area contributed by atoms with Crippen LogP contribution < -0.4 is 5.73 Å². The van der Waals surface area contributed by atoms with Crippen LogP contribution in [0, 0.1) is 0 Å². The highest BCUT2D eigenvalue weighted by Crippen LogP contribution is 2.37. The molecule has 2 nitrogen and oxygen atoms in total. The summed E-state index contributed by atoms with van der Waals surface area (Å²) >= 11 is 0. The van der Waals surface area contributed by atoms with Gasteiger partial charge in [-0.05, 0) is 12.8 Å². The molecule has 0 aliphatic carbocycles. The number of alkyl halides is 4. The quantitative estimate of drug-likeness (QED) is 0.552. The predicted octanol–water partition coefficient (Wildman–Crippen LogP) is 2.71. The maximum Gasteiger partial charge on any atom is 0.431 e. The molecule has 0 saturated carbocycles. The highest BCUT2D eigenvalue weighted by atomic mass is 19.4. The first-order chi connectivity index (χ1) is 6.75. The summed E-state index contributed by atoms with van der Waals surface area (Å²) in [5, 5.41) is 0. The van der Waals surface area contributed by atoms with E-state index in [1.807, 2.05) is 6.92 Å². The molecular formula is C9H15F4NO. The van der Waals surface area contributed by atoms with E-state index in [1.165, 1.54) is 0 Å². The summed E-state index contributed by atoms with van der Waals surface area (Å²) in [6.45, 7) is 1.88. The van der Waals surface area contributed by atoms with E-state index in [0.717, 1.165) is 6.42 Å². The van der Waals surface area contributed by atoms with E-state index >= 15 is 0 Å². The fraction of sp³-hybridized carbons (Fsp3) is 0.889. The Morgan fingerprint density at radius 1 is 1.13 bits per heavy atom. The normalized spacial score (nSPS) is 16.1. The molecule has 0 rings (SSSR count). The van der Waals surface area contributed by atoms with Crippen molar-refractivity contribution in [2.75, 3.05) is 0 Å². The smallest absolute Gasteiger partial charge is 0.367 e. The number of hydrogen-bond donors (Lipinski definition) is 1. The molecule has 0 aromatic rings. The number of carbonyl (C=O) groups excluding carboxylic acids is 1. The van der Waals surface area contributed by atoms with Gasteiger partial charge in [-0.25, -0.2) is 4.39 Å². The van der Waals surface area contributed by atoms with E-state index in [1.54, 1.807) is 0 Å². The Hall–Kier alpha value is -0.810. The molecule has 2 N–H and O–H groups in total. The number of primary amides is 1. The van der Waals surface area contributed by atoms with Crippen LogP contribution in [0.3, 0.4) is 0 Å². The van der Waals surface area contributed by atoms with Crippen molar-refractivity contribution >= 4 is 5.91 Å². The molecule has 0 bridgehead atoms. The Morgan fingerprint density at radius 3 is 2.00 bits per heavy atom. The molecule has 6 heteroatoms. The summed E-state index contributed by atoms with van der Waals surface area (Å²) in [5.74, 6) is -1.95. The van der Waals surface area contributed by atoms with E-state index in [9.17, 15) is 22.4 Å². The molecule has 0 fully saturated rings. The number of unbranched alkanes of at least 4 members (excludes halogenated alkanes) is 3. The zero-order valence-corrected chi connectivity index (χ0v) is 8.53. The largest absolute Gasteiger partial charge is 0.431 e. The summed E-state index contributed by atoms with van der Waals surface area (Å²) in [7, 11) is 0. The summed E-state index contributed by atoms with van der Waals surface area (Å²) in [6, 6.07) is 0. The highest BCUT2D eigenvalue weighted by Gasteiger charge is 2.60. The van der Waals surface area contributed by atoms with E-state index in [0.29, 0.717) is 12.8 Å². The van der Waals surface area contributed by atoms with Crippen LogP contribution in [-0.2, 0) is 4.79 Å². The van der Waals surface area contributed by atoms with Crippen molar-refractivity contribution in [3.05, 3.63) is 0 Å². The minimum atomic E-state index is -5.22. The van der Waals surface area contributed by atoms with E-state index < -0.39 is 24.2 Å². The van der Waals surface area contributed by atoms with Gasteiger partial charge in [0.15, 0.2) is 0 Å². The Morgan fingerprint density at radius 2 is 1.67 bits per heavy atom. The lowest BCUT2D eigenvalue weighted by molar-refractivity contribution is -0.227. The Kier molecular flexibility index (Phi) is 5.03. The summed E-state index contributed by atoms with van der Waals surface area (Å²) in [4.78, 5) is 10.5. The standard InChI is InChI=1S/C9H15F4NO/c1-2-3-4-5-6-8(10,7(14)15)9(11,12)13/h2-6H2,1H3,(H2,14,15). The average molecular weight is 229 g/mol. The van der Waals surface area contributed by atoms with Crippen molar-refractivity contribution < 1.29 is 22.4 Å². The Balaban J connectivity index is 4.35. The molecule has 0 aromatic heterocycles. The van der Waals surface area contributed by atoms with E-state index in [4.69, 9.17) is 0 Å². The third kappa shape index (κ3) is 3.68. The van der Waals surface area contributed by atoms with Crippen molar-refractivity contribution in [3.63, 3.8) is 0 Å². The molecule has 0 spiro atoms. The maximum absolute atomic E-state index is 13.2. The third-order valence-electron chi connectivity index (χ3n) is 2.21. The van der Waals surface area contributed by atoms with Gasteiger partial charge in [0.05, 0.1) is 0 Å².